The monoisotopic (exact) mass is 303 g/mol. The summed E-state index contributed by atoms with van der Waals surface area (Å²) < 4.78 is 12.9. The molecule has 3 N–H and O–H groups in total. The van der Waals surface area contributed by atoms with E-state index in [9.17, 15) is 19.4 Å². The van der Waals surface area contributed by atoms with Crippen LogP contribution in [0.1, 0.15) is 34.5 Å². The van der Waals surface area contributed by atoms with E-state index in [2.05, 4.69) is 5.32 Å². The molecule has 0 aliphatic heterocycles. The van der Waals surface area contributed by atoms with Gasteiger partial charge in [0, 0.05) is 5.56 Å². The lowest BCUT2D eigenvalue weighted by molar-refractivity contribution is 0.0851. The molecule has 5 heteroatoms. The molecule has 0 heterocycles. The summed E-state index contributed by atoms with van der Waals surface area (Å²) in [5, 5.41) is 22.4. The predicted octanol–water partition coefficient (Wildman–Crippen LogP) is 2.69. The molecule has 4 nitrogen and oxygen atoms in total. The molecule has 2 unspecified atom stereocenters. The predicted molar refractivity (Wildman–Crippen MR) is 81.1 cm³/mol. The number of hydrogen-bond acceptors (Lipinski definition) is 3. The van der Waals surface area contributed by atoms with Gasteiger partial charge in [0.05, 0.1) is 12.1 Å². The first-order valence-corrected chi connectivity index (χ1v) is 6.92. The molecule has 0 fully saturated rings. The van der Waals surface area contributed by atoms with E-state index < -0.39 is 18.1 Å². The highest BCUT2D eigenvalue weighted by Gasteiger charge is 2.19. The molecule has 2 rings (SSSR count). The molecule has 0 spiro atoms. The summed E-state index contributed by atoms with van der Waals surface area (Å²) in [4.78, 5) is 12.2. The summed E-state index contributed by atoms with van der Waals surface area (Å²) in [6.45, 7) is 3.43. The van der Waals surface area contributed by atoms with Crippen LogP contribution in [0.2, 0.25) is 0 Å². The Balaban J connectivity index is 2.08. The zero-order valence-corrected chi connectivity index (χ0v) is 12.4. The first kappa shape index (κ1) is 16.0. The van der Waals surface area contributed by atoms with E-state index in [4.69, 9.17) is 0 Å². The van der Waals surface area contributed by atoms with Crippen molar-refractivity contribution in [2.45, 2.75) is 26.0 Å². The molecule has 0 aliphatic carbocycles. The molecule has 0 saturated carbocycles. The van der Waals surface area contributed by atoms with Crippen LogP contribution in [0, 0.1) is 12.7 Å². The minimum atomic E-state index is -0.956. The maximum atomic E-state index is 12.9. The van der Waals surface area contributed by atoms with Crippen LogP contribution in [0.15, 0.2) is 42.5 Å². The Morgan fingerprint density at radius 2 is 1.82 bits per heavy atom. The number of rotatable bonds is 4. The fourth-order valence-corrected chi connectivity index (χ4v) is 2.21. The lowest BCUT2D eigenvalue weighted by Crippen LogP contribution is -2.37. The summed E-state index contributed by atoms with van der Waals surface area (Å²) in [6, 6.07) is 9.44. The zero-order chi connectivity index (χ0) is 16.3. The van der Waals surface area contributed by atoms with Gasteiger partial charge in [0.25, 0.3) is 5.91 Å². The maximum absolute atomic E-state index is 12.9. The summed E-state index contributed by atoms with van der Waals surface area (Å²) in [5.74, 6) is -0.771. The van der Waals surface area contributed by atoms with Crippen molar-refractivity contribution < 1.29 is 19.4 Å². The van der Waals surface area contributed by atoms with Gasteiger partial charge < -0.3 is 15.5 Å². The van der Waals surface area contributed by atoms with Gasteiger partial charge in [0.15, 0.2) is 0 Å². The van der Waals surface area contributed by atoms with Gasteiger partial charge in [-0.25, -0.2) is 4.39 Å². The van der Waals surface area contributed by atoms with Gasteiger partial charge in [0.2, 0.25) is 0 Å². The standard InChI is InChI=1S/C17H18FNO3/c1-10-7-13(9-15(20)8-10)17(22)19-11(2)16(21)12-3-5-14(18)6-4-12/h3-9,11,16,20-21H,1-2H3,(H,19,22). The van der Waals surface area contributed by atoms with Crippen LogP contribution in [-0.4, -0.2) is 22.2 Å². The topological polar surface area (TPSA) is 69.6 Å². The van der Waals surface area contributed by atoms with Crippen LogP contribution in [0.3, 0.4) is 0 Å². The normalized spacial score (nSPS) is 13.5. The Morgan fingerprint density at radius 3 is 2.41 bits per heavy atom. The molecule has 22 heavy (non-hydrogen) atoms. The van der Waals surface area contributed by atoms with Crippen LogP contribution in [0.5, 0.6) is 5.75 Å². The summed E-state index contributed by atoms with van der Waals surface area (Å²) in [6.07, 6.45) is -0.956. The molecular formula is C17H18FNO3. The Labute approximate surface area is 128 Å². The zero-order valence-electron chi connectivity index (χ0n) is 12.4. The van der Waals surface area contributed by atoms with Crippen molar-refractivity contribution in [2.75, 3.05) is 0 Å². The molecule has 0 bridgehead atoms. The third-order valence-corrected chi connectivity index (χ3v) is 3.37. The third-order valence-electron chi connectivity index (χ3n) is 3.37. The molecule has 2 aromatic carbocycles. The Kier molecular flexibility index (Phi) is 4.78. The Hall–Kier alpha value is -2.40. The Morgan fingerprint density at radius 1 is 1.18 bits per heavy atom. The van der Waals surface area contributed by atoms with Crippen molar-refractivity contribution in [3.63, 3.8) is 0 Å². The summed E-state index contributed by atoms with van der Waals surface area (Å²) in [5.41, 5.74) is 1.59. The van der Waals surface area contributed by atoms with Gasteiger partial charge in [-0.15, -0.1) is 0 Å². The molecule has 116 valence electrons. The van der Waals surface area contributed by atoms with E-state index in [1.807, 2.05) is 0 Å². The van der Waals surface area contributed by atoms with Gasteiger partial charge in [-0.1, -0.05) is 12.1 Å². The average Bonchev–Trinajstić information content (AvgIpc) is 2.46. The van der Waals surface area contributed by atoms with Crippen molar-refractivity contribution in [3.05, 3.63) is 65.0 Å². The molecular weight excluding hydrogens is 285 g/mol. The van der Waals surface area contributed by atoms with Crippen molar-refractivity contribution >= 4 is 5.91 Å². The van der Waals surface area contributed by atoms with Crippen LogP contribution in [-0.2, 0) is 0 Å². The van der Waals surface area contributed by atoms with Crippen LogP contribution < -0.4 is 5.32 Å². The number of carbonyl (C=O) groups excluding carboxylic acids is 1. The first-order chi connectivity index (χ1) is 10.4. The maximum Gasteiger partial charge on any atom is 0.251 e. The number of aromatic hydroxyl groups is 1. The lowest BCUT2D eigenvalue weighted by atomic mass is 10.0. The highest BCUT2D eigenvalue weighted by molar-refractivity contribution is 5.95. The van der Waals surface area contributed by atoms with Gasteiger partial charge in [-0.3, -0.25) is 4.79 Å². The number of aryl methyl sites for hydroxylation is 1. The SMILES string of the molecule is Cc1cc(O)cc(C(=O)NC(C)C(O)c2ccc(F)cc2)c1. The van der Waals surface area contributed by atoms with Crippen molar-refractivity contribution in [3.8, 4) is 5.75 Å². The van der Waals surface area contributed by atoms with Crippen molar-refractivity contribution in [1.29, 1.82) is 0 Å². The Bertz CT molecular complexity index is 650. The summed E-state index contributed by atoms with van der Waals surface area (Å²) >= 11 is 0. The van der Waals surface area contributed by atoms with Crippen molar-refractivity contribution in [1.82, 2.24) is 5.32 Å². The number of phenols is 1. The number of nitrogens with one attached hydrogen (secondary N) is 1. The largest absolute Gasteiger partial charge is 0.508 e. The van der Waals surface area contributed by atoms with E-state index in [-0.39, 0.29) is 11.6 Å². The van der Waals surface area contributed by atoms with Crippen molar-refractivity contribution in [2.24, 2.45) is 0 Å². The van der Waals surface area contributed by atoms with Crippen LogP contribution in [0.25, 0.3) is 0 Å². The number of phenolic OH excluding ortho intramolecular Hbond substituents is 1. The molecule has 0 aliphatic rings. The molecule has 0 aromatic heterocycles. The number of aliphatic hydroxyl groups excluding tert-OH is 1. The fourth-order valence-electron chi connectivity index (χ4n) is 2.21. The second kappa shape index (κ2) is 6.58. The number of benzene rings is 2. The van der Waals surface area contributed by atoms with Crippen LogP contribution >= 0.6 is 0 Å². The quantitative estimate of drug-likeness (QED) is 0.813. The van der Waals surface area contributed by atoms with Gasteiger partial charge in [-0.2, -0.15) is 0 Å². The van der Waals surface area contributed by atoms with Gasteiger partial charge in [-0.05, 0) is 55.3 Å². The minimum absolute atomic E-state index is 0.0110. The van der Waals surface area contributed by atoms with Gasteiger partial charge >= 0.3 is 0 Å². The first-order valence-electron chi connectivity index (χ1n) is 6.92. The molecule has 1 amide bonds. The van der Waals surface area contributed by atoms with E-state index in [1.54, 1.807) is 26.0 Å². The molecule has 0 saturated heterocycles. The second-order valence-electron chi connectivity index (χ2n) is 5.32. The van der Waals surface area contributed by atoms with E-state index in [0.29, 0.717) is 11.1 Å². The highest BCUT2D eigenvalue weighted by Crippen LogP contribution is 2.19. The molecule has 2 aromatic rings. The number of carbonyl (C=O) groups is 1. The number of aliphatic hydroxyl groups is 1. The van der Waals surface area contributed by atoms with E-state index in [1.165, 1.54) is 30.3 Å². The number of amides is 1. The lowest BCUT2D eigenvalue weighted by Gasteiger charge is -2.21. The highest BCUT2D eigenvalue weighted by atomic mass is 19.1. The van der Waals surface area contributed by atoms with E-state index >= 15 is 0 Å². The fraction of sp³-hybridized carbons (Fsp3) is 0.235. The minimum Gasteiger partial charge on any atom is -0.508 e. The number of hydrogen-bond donors (Lipinski definition) is 3. The molecule has 2 atom stereocenters. The number of halogens is 1. The second-order valence-corrected chi connectivity index (χ2v) is 5.32. The average molecular weight is 303 g/mol. The third kappa shape index (κ3) is 3.83. The summed E-state index contributed by atoms with van der Waals surface area (Å²) in [7, 11) is 0. The molecule has 0 radical (unpaired) electrons. The van der Waals surface area contributed by atoms with E-state index in [0.717, 1.165) is 5.56 Å². The smallest absolute Gasteiger partial charge is 0.251 e. The van der Waals surface area contributed by atoms with Crippen LogP contribution in [0.4, 0.5) is 4.39 Å². The van der Waals surface area contributed by atoms with Gasteiger partial charge in [0.1, 0.15) is 11.6 Å².